The number of carbonyl (C=O) groups is 1. The van der Waals surface area contributed by atoms with Gasteiger partial charge in [0.1, 0.15) is 0 Å². The van der Waals surface area contributed by atoms with Crippen LogP contribution in [0.4, 0.5) is 0 Å². The highest BCUT2D eigenvalue weighted by molar-refractivity contribution is 5.75. The van der Waals surface area contributed by atoms with E-state index in [4.69, 9.17) is 4.52 Å². The first-order valence-corrected chi connectivity index (χ1v) is 7.66. The van der Waals surface area contributed by atoms with Crippen LogP contribution in [0.5, 0.6) is 0 Å². The summed E-state index contributed by atoms with van der Waals surface area (Å²) in [6, 6.07) is 0.296. The molecule has 6 heteroatoms. The zero-order chi connectivity index (χ0) is 15.9. The van der Waals surface area contributed by atoms with Crippen LogP contribution in [0.3, 0.4) is 0 Å². The Morgan fingerprint density at radius 3 is 2.67 bits per heavy atom. The number of nitrogens with one attached hydrogen (secondary N) is 2. The predicted octanol–water partition coefficient (Wildman–Crippen LogP) is 1.80. The van der Waals surface area contributed by atoms with Crippen LogP contribution in [0.2, 0.25) is 0 Å². The molecule has 0 aliphatic rings. The Labute approximate surface area is 127 Å². The van der Waals surface area contributed by atoms with Gasteiger partial charge in [-0.3, -0.25) is 4.79 Å². The molecule has 1 rings (SSSR count). The van der Waals surface area contributed by atoms with E-state index in [0.29, 0.717) is 43.6 Å². The summed E-state index contributed by atoms with van der Waals surface area (Å²) in [4.78, 5) is 16.1. The molecule has 0 bridgehead atoms. The number of likely N-dealkylation sites (N-methyl/N-ethyl adjacent to an activating group) is 1. The molecule has 0 radical (unpaired) electrons. The molecule has 2 N–H and O–H groups in total. The lowest BCUT2D eigenvalue weighted by molar-refractivity contribution is -0.121. The van der Waals surface area contributed by atoms with E-state index in [-0.39, 0.29) is 11.3 Å². The Morgan fingerprint density at radius 2 is 2.10 bits per heavy atom. The highest BCUT2D eigenvalue weighted by atomic mass is 16.5. The predicted molar refractivity (Wildman–Crippen MR) is 82.1 cm³/mol. The van der Waals surface area contributed by atoms with Crippen molar-refractivity contribution in [1.29, 1.82) is 0 Å². The van der Waals surface area contributed by atoms with E-state index in [1.165, 1.54) is 0 Å². The fourth-order valence-electron chi connectivity index (χ4n) is 1.84. The lowest BCUT2D eigenvalue weighted by Gasteiger charge is -2.12. The van der Waals surface area contributed by atoms with E-state index in [9.17, 15) is 4.79 Å². The van der Waals surface area contributed by atoms with Gasteiger partial charge in [0.15, 0.2) is 5.82 Å². The molecule has 0 saturated carbocycles. The molecule has 0 aromatic carbocycles. The average Bonchev–Trinajstić information content (AvgIpc) is 2.85. The van der Waals surface area contributed by atoms with Gasteiger partial charge in [-0.1, -0.05) is 32.9 Å². The van der Waals surface area contributed by atoms with Crippen LogP contribution in [-0.2, 0) is 16.6 Å². The van der Waals surface area contributed by atoms with Crippen molar-refractivity contribution in [2.45, 2.75) is 65.3 Å². The van der Waals surface area contributed by atoms with Crippen molar-refractivity contribution < 1.29 is 9.32 Å². The van der Waals surface area contributed by atoms with Gasteiger partial charge in [0.2, 0.25) is 11.8 Å². The zero-order valence-electron chi connectivity index (χ0n) is 13.8. The number of rotatable bonds is 8. The first-order valence-electron chi connectivity index (χ1n) is 7.66. The number of aryl methyl sites for hydroxylation is 1. The van der Waals surface area contributed by atoms with Gasteiger partial charge in [0, 0.05) is 30.8 Å². The smallest absolute Gasteiger partial charge is 0.226 e. The Kier molecular flexibility index (Phi) is 6.81. The Bertz CT molecular complexity index is 437. The first kappa shape index (κ1) is 17.6. The summed E-state index contributed by atoms with van der Waals surface area (Å²) in [6.07, 6.45) is 1.83. The van der Waals surface area contributed by atoms with E-state index in [2.05, 4.69) is 34.6 Å². The zero-order valence-corrected chi connectivity index (χ0v) is 13.8. The van der Waals surface area contributed by atoms with Crippen molar-refractivity contribution >= 4 is 5.91 Å². The highest BCUT2D eigenvalue weighted by Gasteiger charge is 2.20. The van der Waals surface area contributed by atoms with Crippen LogP contribution in [0.25, 0.3) is 0 Å². The molecule has 0 saturated heterocycles. The normalized spacial score (nSPS) is 13.2. The highest BCUT2D eigenvalue weighted by Crippen LogP contribution is 2.18. The summed E-state index contributed by atoms with van der Waals surface area (Å²) in [5.74, 6) is 1.38. The fourth-order valence-corrected chi connectivity index (χ4v) is 1.84. The van der Waals surface area contributed by atoms with Gasteiger partial charge in [0.05, 0.1) is 0 Å². The van der Waals surface area contributed by atoms with Crippen LogP contribution >= 0.6 is 0 Å². The molecule has 1 atom stereocenters. The molecule has 21 heavy (non-hydrogen) atoms. The molecular weight excluding hydrogens is 268 g/mol. The molecule has 1 heterocycles. The molecule has 0 unspecified atom stereocenters. The largest absolute Gasteiger partial charge is 0.355 e. The molecule has 1 aromatic rings. The van der Waals surface area contributed by atoms with Crippen LogP contribution in [0, 0.1) is 0 Å². The Hall–Kier alpha value is -1.43. The van der Waals surface area contributed by atoms with Gasteiger partial charge in [0.25, 0.3) is 0 Å². The Morgan fingerprint density at radius 1 is 1.38 bits per heavy atom. The maximum atomic E-state index is 11.7. The molecular formula is C15H28N4O2. The minimum Gasteiger partial charge on any atom is -0.355 e. The topological polar surface area (TPSA) is 80.0 Å². The van der Waals surface area contributed by atoms with Gasteiger partial charge in [-0.05, 0) is 19.9 Å². The standard InChI is InChI=1S/C15H28N4O2/c1-6-16-11(2)10-17-12(20)8-7-9-13-18-14(19-21-13)15(3,4)5/h11,16H,6-10H2,1-5H3,(H,17,20)/t11-/m1/s1. The number of nitrogens with zero attached hydrogens (tertiary/aromatic N) is 2. The van der Waals surface area contributed by atoms with Crippen molar-refractivity contribution in [3.63, 3.8) is 0 Å². The lowest BCUT2D eigenvalue weighted by atomic mass is 9.96. The van der Waals surface area contributed by atoms with E-state index in [1.54, 1.807) is 0 Å². The second kappa shape index (κ2) is 8.12. The summed E-state index contributed by atoms with van der Waals surface area (Å²) < 4.78 is 5.20. The number of hydrogen-bond donors (Lipinski definition) is 2. The second-order valence-corrected chi connectivity index (χ2v) is 6.38. The van der Waals surface area contributed by atoms with Crippen LogP contribution in [-0.4, -0.2) is 35.2 Å². The first-order chi connectivity index (χ1) is 9.82. The summed E-state index contributed by atoms with van der Waals surface area (Å²) in [5.41, 5.74) is -0.110. The molecule has 120 valence electrons. The quantitative estimate of drug-likeness (QED) is 0.764. The molecule has 0 aliphatic carbocycles. The molecule has 0 spiro atoms. The third kappa shape index (κ3) is 6.71. The van der Waals surface area contributed by atoms with Gasteiger partial charge < -0.3 is 15.2 Å². The fraction of sp³-hybridized carbons (Fsp3) is 0.800. The molecule has 6 nitrogen and oxygen atoms in total. The van der Waals surface area contributed by atoms with Gasteiger partial charge in [-0.25, -0.2) is 0 Å². The van der Waals surface area contributed by atoms with E-state index in [1.807, 2.05) is 20.8 Å². The third-order valence-electron chi connectivity index (χ3n) is 3.09. The SMILES string of the molecule is CCN[C@H](C)CNC(=O)CCCc1nc(C(C)(C)C)no1. The van der Waals surface area contributed by atoms with Crippen molar-refractivity contribution in [1.82, 2.24) is 20.8 Å². The number of hydrogen-bond acceptors (Lipinski definition) is 5. The molecule has 0 aliphatic heterocycles. The lowest BCUT2D eigenvalue weighted by Crippen LogP contribution is -2.38. The van der Waals surface area contributed by atoms with Crippen molar-refractivity contribution in [3.05, 3.63) is 11.7 Å². The summed E-state index contributed by atoms with van der Waals surface area (Å²) in [6.45, 7) is 11.8. The maximum Gasteiger partial charge on any atom is 0.226 e. The minimum absolute atomic E-state index is 0.0651. The third-order valence-corrected chi connectivity index (χ3v) is 3.09. The summed E-state index contributed by atoms with van der Waals surface area (Å²) in [7, 11) is 0. The second-order valence-electron chi connectivity index (χ2n) is 6.38. The van der Waals surface area contributed by atoms with E-state index >= 15 is 0 Å². The molecule has 1 aromatic heterocycles. The minimum atomic E-state index is -0.110. The van der Waals surface area contributed by atoms with Crippen molar-refractivity contribution in [2.24, 2.45) is 0 Å². The van der Waals surface area contributed by atoms with Gasteiger partial charge >= 0.3 is 0 Å². The summed E-state index contributed by atoms with van der Waals surface area (Å²) >= 11 is 0. The number of aromatic nitrogens is 2. The monoisotopic (exact) mass is 296 g/mol. The van der Waals surface area contributed by atoms with Gasteiger partial charge in [-0.15, -0.1) is 0 Å². The number of carbonyl (C=O) groups excluding carboxylic acids is 1. The van der Waals surface area contributed by atoms with Gasteiger partial charge in [-0.2, -0.15) is 4.98 Å². The van der Waals surface area contributed by atoms with Crippen molar-refractivity contribution in [3.8, 4) is 0 Å². The molecule has 1 amide bonds. The number of amides is 1. The average molecular weight is 296 g/mol. The van der Waals surface area contributed by atoms with Crippen molar-refractivity contribution in [2.75, 3.05) is 13.1 Å². The van der Waals surface area contributed by atoms with Crippen LogP contribution in [0.1, 0.15) is 59.2 Å². The molecule has 0 fully saturated rings. The Balaban J connectivity index is 2.24. The van der Waals surface area contributed by atoms with E-state index in [0.717, 1.165) is 6.54 Å². The van der Waals surface area contributed by atoms with E-state index < -0.39 is 0 Å². The summed E-state index contributed by atoms with van der Waals surface area (Å²) in [5, 5.41) is 10.1. The van der Waals surface area contributed by atoms with Crippen LogP contribution in [0.15, 0.2) is 4.52 Å². The van der Waals surface area contributed by atoms with Crippen LogP contribution < -0.4 is 10.6 Å². The maximum absolute atomic E-state index is 11.7.